The van der Waals surface area contributed by atoms with E-state index < -0.39 is 4.92 Å². The third kappa shape index (κ3) is 4.29. The number of oxime groups is 1. The third-order valence-corrected chi connectivity index (χ3v) is 3.00. The van der Waals surface area contributed by atoms with Gasteiger partial charge < -0.3 is 4.84 Å². The van der Waals surface area contributed by atoms with E-state index in [1.807, 2.05) is 31.2 Å². The van der Waals surface area contributed by atoms with Crippen LogP contribution in [0.1, 0.15) is 18.1 Å². The summed E-state index contributed by atoms with van der Waals surface area (Å²) >= 11 is 0. The van der Waals surface area contributed by atoms with Gasteiger partial charge in [0.25, 0.3) is 5.69 Å². The quantitative estimate of drug-likeness (QED) is 0.200. The van der Waals surface area contributed by atoms with Gasteiger partial charge >= 0.3 is 0 Å². The maximum absolute atomic E-state index is 10.9. The van der Waals surface area contributed by atoms with Crippen LogP contribution in [0.25, 0.3) is 10.4 Å². The Morgan fingerprint density at radius 3 is 2.57 bits per heavy atom. The summed E-state index contributed by atoms with van der Waals surface area (Å²) in [5.74, 6) is 0.119. The molecule has 0 aliphatic rings. The van der Waals surface area contributed by atoms with Gasteiger partial charge in [0.05, 0.1) is 16.7 Å². The van der Waals surface area contributed by atoms with Crippen molar-refractivity contribution in [2.45, 2.75) is 13.8 Å². The molecule has 0 aromatic heterocycles. The minimum atomic E-state index is -0.597. The molecular weight excluding hydrogens is 298 g/mol. The number of benzene rings is 2. The van der Waals surface area contributed by atoms with Crippen molar-refractivity contribution in [1.82, 2.24) is 0 Å². The first-order chi connectivity index (χ1) is 11.0. The Bertz CT molecular complexity index is 788. The lowest BCUT2D eigenvalue weighted by atomic mass is 10.1. The number of hydrogen-bond acceptors (Lipinski definition) is 5. The molecule has 0 bridgehead atoms. The van der Waals surface area contributed by atoms with E-state index in [4.69, 9.17) is 10.4 Å². The van der Waals surface area contributed by atoms with E-state index in [0.29, 0.717) is 5.71 Å². The molecule has 0 saturated carbocycles. The summed E-state index contributed by atoms with van der Waals surface area (Å²) in [5.41, 5.74) is 10.9. The average molecular weight is 311 g/mol. The largest absolute Gasteiger partial charge is 0.356 e. The van der Waals surface area contributed by atoms with Crippen molar-refractivity contribution in [1.29, 1.82) is 0 Å². The molecule has 0 atom stereocenters. The van der Waals surface area contributed by atoms with E-state index in [1.54, 1.807) is 6.92 Å². The fraction of sp³-hybridized carbons (Fsp3) is 0.133. The predicted octanol–water partition coefficient (Wildman–Crippen LogP) is 4.65. The van der Waals surface area contributed by atoms with E-state index in [9.17, 15) is 10.1 Å². The first kappa shape index (κ1) is 16.0. The van der Waals surface area contributed by atoms with Crippen LogP contribution in [0.15, 0.2) is 52.7 Å². The summed E-state index contributed by atoms with van der Waals surface area (Å²) < 4.78 is 0. The van der Waals surface area contributed by atoms with E-state index in [0.717, 1.165) is 17.2 Å². The molecule has 0 fully saturated rings. The van der Waals surface area contributed by atoms with Gasteiger partial charge in [-0.2, -0.15) is 0 Å². The minimum absolute atomic E-state index is 0.0832. The number of azide groups is 1. The van der Waals surface area contributed by atoms with Gasteiger partial charge in [-0.15, -0.1) is 0 Å². The second kappa shape index (κ2) is 7.06. The van der Waals surface area contributed by atoms with Gasteiger partial charge in [-0.05, 0) is 31.0 Å². The highest BCUT2D eigenvalue weighted by Gasteiger charge is 2.10. The van der Waals surface area contributed by atoms with Crippen molar-refractivity contribution in [3.63, 3.8) is 0 Å². The maximum atomic E-state index is 10.9. The molecule has 2 aromatic carbocycles. The standard InChI is InChI=1S/C15H13N5O3/c1-10-3-5-12(6-4-10)11(2)18-23-15-8-13(17-19-16)7-14(9-15)20(21)22/h3-9H,1-2H3. The molecular formula is C15H13N5O3. The molecule has 0 spiro atoms. The summed E-state index contributed by atoms with van der Waals surface area (Å²) in [6.45, 7) is 3.74. The average Bonchev–Trinajstić information content (AvgIpc) is 2.53. The Balaban J connectivity index is 2.28. The molecule has 0 N–H and O–H groups in total. The van der Waals surface area contributed by atoms with Gasteiger partial charge in [-0.3, -0.25) is 10.1 Å². The Morgan fingerprint density at radius 1 is 1.26 bits per heavy atom. The second-order valence-electron chi connectivity index (χ2n) is 4.77. The molecule has 0 aliphatic heterocycles. The number of rotatable bonds is 5. The van der Waals surface area contributed by atoms with Gasteiger partial charge in [0.2, 0.25) is 0 Å². The van der Waals surface area contributed by atoms with E-state index in [1.165, 1.54) is 12.1 Å². The topological polar surface area (TPSA) is 113 Å². The van der Waals surface area contributed by atoms with Crippen molar-refractivity contribution >= 4 is 17.1 Å². The number of hydrogen-bond donors (Lipinski definition) is 0. The lowest BCUT2D eigenvalue weighted by Crippen LogP contribution is -1.98. The van der Waals surface area contributed by atoms with Crippen molar-refractivity contribution < 1.29 is 9.76 Å². The molecule has 0 radical (unpaired) electrons. The van der Waals surface area contributed by atoms with E-state index >= 15 is 0 Å². The number of aryl methyl sites for hydroxylation is 1. The summed E-state index contributed by atoms with van der Waals surface area (Å²) in [6.07, 6.45) is 0. The Morgan fingerprint density at radius 2 is 1.96 bits per heavy atom. The van der Waals surface area contributed by atoms with Crippen LogP contribution in [-0.4, -0.2) is 10.6 Å². The van der Waals surface area contributed by atoms with Crippen LogP contribution in [0.2, 0.25) is 0 Å². The molecule has 2 rings (SSSR count). The summed E-state index contributed by atoms with van der Waals surface area (Å²) in [4.78, 5) is 18.1. The van der Waals surface area contributed by atoms with Crippen LogP contribution in [-0.2, 0) is 0 Å². The zero-order chi connectivity index (χ0) is 16.8. The summed E-state index contributed by atoms with van der Waals surface area (Å²) in [5, 5.41) is 18.2. The smallest absolute Gasteiger partial charge is 0.273 e. The molecule has 2 aromatic rings. The normalized spacial score (nSPS) is 10.8. The van der Waals surface area contributed by atoms with Crippen molar-refractivity contribution in [3.05, 3.63) is 74.1 Å². The highest BCUT2D eigenvalue weighted by Crippen LogP contribution is 2.28. The molecule has 23 heavy (non-hydrogen) atoms. The third-order valence-electron chi connectivity index (χ3n) is 3.00. The molecule has 0 amide bonds. The van der Waals surface area contributed by atoms with Gasteiger partial charge in [0.15, 0.2) is 5.75 Å². The van der Waals surface area contributed by atoms with Crippen molar-refractivity contribution in [2.75, 3.05) is 0 Å². The number of nitrogens with zero attached hydrogens (tertiary/aromatic N) is 5. The Kier molecular flexibility index (Phi) is 4.91. The molecule has 0 heterocycles. The Hall–Kier alpha value is -3.38. The maximum Gasteiger partial charge on any atom is 0.273 e. The van der Waals surface area contributed by atoms with Crippen LogP contribution >= 0.6 is 0 Å². The van der Waals surface area contributed by atoms with Gasteiger partial charge in [0.1, 0.15) is 0 Å². The molecule has 8 heteroatoms. The van der Waals surface area contributed by atoms with E-state index in [2.05, 4.69) is 15.2 Å². The SMILES string of the molecule is CC(=NOc1cc(N=[N+]=[N-])cc([N+](=O)[O-])c1)c1ccc(C)cc1. The van der Waals surface area contributed by atoms with Gasteiger partial charge in [-0.25, -0.2) is 0 Å². The molecule has 0 unspecified atom stereocenters. The molecule has 116 valence electrons. The first-order valence-electron chi connectivity index (χ1n) is 6.63. The minimum Gasteiger partial charge on any atom is -0.356 e. The lowest BCUT2D eigenvalue weighted by molar-refractivity contribution is -0.384. The van der Waals surface area contributed by atoms with Crippen LogP contribution < -0.4 is 4.84 Å². The zero-order valence-corrected chi connectivity index (χ0v) is 12.5. The van der Waals surface area contributed by atoms with E-state index in [-0.39, 0.29) is 17.1 Å². The van der Waals surface area contributed by atoms with Crippen molar-refractivity contribution in [2.24, 2.45) is 10.3 Å². The highest BCUT2D eigenvalue weighted by atomic mass is 16.6. The molecule has 0 saturated heterocycles. The lowest BCUT2D eigenvalue weighted by Gasteiger charge is -2.04. The first-order valence-corrected chi connectivity index (χ1v) is 6.63. The summed E-state index contributed by atoms with van der Waals surface area (Å²) in [7, 11) is 0. The number of non-ortho nitro benzene ring substituents is 1. The molecule has 8 nitrogen and oxygen atoms in total. The zero-order valence-electron chi connectivity index (χ0n) is 12.5. The van der Waals surface area contributed by atoms with Crippen molar-refractivity contribution in [3.8, 4) is 5.75 Å². The van der Waals surface area contributed by atoms with Crippen LogP contribution in [0.5, 0.6) is 5.75 Å². The molecule has 0 aliphatic carbocycles. The van der Waals surface area contributed by atoms with Crippen LogP contribution in [0, 0.1) is 17.0 Å². The number of nitro groups is 1. The van der Waals surface area contributed by atoms with Gasteiger partial charge in [0, 0.05) is 16.7 Å². The Labute approximate surface area is 131 Å². The van der Waals surface area contributed by atoms with Gasteiger partial charge in [-0.1, -0.05) is 40.1 Å². The summed E-state index contributed by atoms with van der Waals surface area (Å²) in [6, 6.07) is 11.4. The highest BCUT2D eigenvalue weighted by molar-refractivity contribution is 5.98. The predicted molar refractivity (Wildman–Crippen MR) is 85.9 cm³/mol. The fourth-order valence-corrected chi connectivity index (χ4v) is 1.80. The second-order valence-corrected chi connectivity index (χ2v) is 4.77. The van der Waals surface area contributed by atoms with Crippen LogP contribution in [0.4, 0.5) is 11.4 Å². The number of nitro benzene ring substituents is 1. The van der Waals surface area contributed by atoms with Crippen LogP contribution in [0.3, 0.4) is 0 Å². The monoisotopic (exact) mass is 311 g/mol. The fourth-order valence-electron chi connectivity index (χ4n) is 1.80.